The largest absolute Gasteiger partial charge is 0.435 e. The molecule has 0 bridgehead atoms. The van der Waals surface area contributed by atoms with Gasteiger partial charge in [0.25, 0.3) is 0 Å². The average molecular weight is 256 g/mol. The number of hydrogen-bond donors (Lipinski definition) is 1. The minimum atomic E-state index is 0.579. The third-order valence-electron chi connectivity index (χ3n) is 3.15. The van der Waals surface area contributed by atoms with Gasteiger partial charge in [0, 0.05) is 13.1 Å². The molecule has 98 valence electrons. The molecule has 0 fully saturated rings. The number of fused-ring (bicyclic) bond motifs is 2. The molecule has 1 aliphatic heterocycles. The zero-order valence-corrected chi connectivity index (χ0v) is 11.1. The van der Waals surface area contributed by atoms with Gasteiger partial charge in [0.05, 0.1) is 11.9 Å². The van der Waals surface area contributed by atoms with Crippen LogP contribution >= 0.6 is 0 Å². The number of aromatic nitrogens is 2. The summed E-state index contributed by atoms with van der Waals surface area (Å²) in [5, 5.41) is 3.27. The molecule has 0 radical (unpaired) electrons. The van der Waals surface area contributed by atoms with E-state index in [0.717, 1.165) is 30.2 Å². The van der Waals surface area contributed by atoms with Gasteiger partial charge in [0.2, 0.25) is 11.8 Å². The number of nitrogens with one attached hydrogen (secondary N) is 1. The summed E-state index contributed by atoms with van der Waals surface area (Å²) in [5.74, 6) is 2.07. The maximum atomic E-state index is 5.82. The molecule has 5 nitrogen and oxygen atoms in total. The maximum Gasteiger partial charge on any atom is 0.248 e. The molecule has 3 rings (SSSR count). The minimum absolute atomic E-state index is 0.579. The fourth-order valence-electron chi connectivity index (χ4n) is 2.09. The zero-order chi connectivity index (χ0) is 13.2. The molecule has 5 heteroatoms. The highest BCUT2D eigenvalue weighted by Crippen LogP contribution is 2.40. The summed E-state index contributed by atoms with van der Waals surface area (Å²) in [5.41, 5.74) is 1.74. The minimum Gasteiger partial charge on any atom is -0.435 e. The Hall–Kier alpha value is -2.30. The summed E-state index contributed by atoms with van der Waals surface area (Å²) >= 11 is 0. The number of ether oxygens (including phenoxy) is 1. The first kappa shape index (κ1) is 11.8. The SMILES string of the molecule is CCN(CC)c1ncc2c(n1)Oc1ccccc1N2. The van der Waals surface area contributed by atoms with Crippen molar-refractivity contribution in [3.8, 4) is 11.6 Å². The number of rotatable bonds is 3. The molecule has 0 spiro atoms. The Morgan fingerprint density at radius 3 is 2.74 bits per heavy atom. The highest BCUT2D eigenvalue weighted by atomic mass is 16.5. The van der Waals surface area contributed by atoms with E-state index in [0.29, 0.717) is 11.8 Å². The lowest BCUT2D eigenvalue weighted by molar-refractivity contribution is 0.459. The van der Waals surface area contributed by atoms with Crippen LogP contribution in [-0.4, -0.2) is 23.1 Å². The van der Waals surface area contributed by atoms with Crippen LogP contribution in [-0.2, 0) is 0 Å². The van der Waals surface area contributed by atoms with E-state index in [2.05, 4.69) is 34.0 Å². The van der Waals surface area contributed by atoms with Crippen molar-refractivity contribution >= 4 is 17.3 Å². The molecule has 1 aromatic carbocycles. The molecule has 1 aromatic heterocycles. The van der Waals surface area contributed by atoms with Crippen LogP contribution in [0.15, 0.2) is 30.5 Å². The molecule has 0 unspecified atom stereocenters. The first-order valence-corrected chi connectivity index (χ1v) is 6.47. The van der Waals surface area contributed by atoms with Gasteiger partial charge < -0.3 is 15.0 Å². The first-order chi connectivity index (χ1) is 9.31. The molecule has 1 aliphatic rings. The Bertz CT molecular complexity index is 596. The van der Waals surface area contributed by atoms with E-state index in [1.165, 1.54) is 0 Å². The topological polar surface area (TPSA) is 50.3 Å². The van der Waals surface area contributed by atoms with Crippen molar-refractivity contribution in [2.24, 2.45) is 0 Å². The second-order valence-electron chi connectivity index (χ2n) is 4.28. The van der Waals surface area contributed by atoms with Gasteiger partial charge in [-0.3, -0.25) is 0 Å². The number of para-hydroxylation sites is 2. The second kappa shape index (κ2) is 4.76. The van der Waals surface area contributed by atoms with E-state index in [4.69, 9.17) is 4.74 Å². The van der Waals surface area contributed by atoms with Crippen LogP contribution in [0.5, 0.6) is 11.6 Å². The van der Waals surface area contributed by atoms with Crippen LogP contribution < -0.4 is 15.0 Å². The molecule has 0 atom stereocenters. The van der Waals surface area contributed by atoms with Crippen molar-refractivity contribution in [3.63, 3.8) is 0 Å². The lowest BCUT2D eigenvalue weighted by atomic mass is 10.2. The van der Waals surface area contributed by atoms with Gasteiger partial charge in [-0.25, -0.2) is 4.98 Å². The number of hydrogen-bond acceptors (Lipinski definition) is 5. The van der Waals surface area contributed by atoms with Gasteiger partial charge in [-0.2, -0.15) is 4.98 Å². The normalized spacial score (nSPS) is 11.9. The van der Waals surface area contributed by atoms with Crippen LogP contribution in [0.3, 0.4) is 0 Å². The fourth-order valence-corrected chi connectivity index (χ4v) is 2.09. The van der Waals surface area contributed by atoms with E-state index in [1.807, 2.05) is 24.3 Å². The monoisotopic (exact) mass is 256 g/mol. The van der Waals surface area contributed by atoms with Crippen molar-refractivity contribution < 1.29 is 4.74 Å². The molecule has 0 amide bonds. The molecule has 19 heavy (non-hydrogen) atoms. The Labute approximate surface area is 112 Å². The van der Waals surface area contributed by atoms with Crippen molar-refractivity contribution in [1.29, 1.82) is 0 Å². The van der Waals surface area contributed by atoms with Gasteiger partial charge in [-0.1, -0.05) is 12.1 Å². The van der Waals surface area contributed by atoms with Gasteiger partial charge in [-0.05, 0) is 26.0 Å². The number of nitrogens with zero attached hydrogens (tertiary/aromatic N) is 3. The summed E-state index contributed by atoms with van der Waals surface area (Å²) < 4.78 is 5.82. The molecular formula is C14H16N4O. The Balaban J connectivity index is 1.96. The Morgan fingerprint density at radius 1 is 1.16 bits per heavy atom. The molecule has 0 saturated carbocycles. The quantitative estimate of drug-likeness (QED) is 0.780. The van der Waals surface area contributed by atoms with E-state index < -0.39 is 0 Å². The van der Waals surface area contributed by atoms with Gasteiger partial charge in [-0.15, -0.1) is 0 Å². The van der Waals surface area contributed by atoms with E-state index >= 15 is 0 Å². The van der Waals surface area contributed by atoms with Gasteiger partial charge in [0.1, 0.15) is 5.69 Å². The van der Waals surface area contributed by atoms with Crippen molar-refractivity contribution in [2.45, 2.75) is 13.8 Å². The smallest absolute Gasteiger partial charge is 0.248 e. The Kier molecular flexibility index (Phi) is 2.95. The number of benzene rings is 1. The van der Waals surface area contributed by atoms with Crippen molar-refractivity contribution in [1.82, 2.24) is 9.97 Å². The lowest BCUT2D eigenvalue weighted by Crippen LogP contribution is -2.24. The summed E-state index contributed by atoms with van der Waals surface area (Å²) in [6, 6.07) is 7.80. The maximum absolute atomic E-state index is 5.82. The highest BCUT2D eigenvalue weighted by molar-refractivity contribution is 5.73. The third kappa shape index (κ3) is 2.07. The second-order valence-corrected chi connectivity index (χ2v) is 4.28. The van der Waals surface area contributed by atoms with E-state index in [9.17, 15) is 0 Å². The van der Waals surface area contributed by atoms with Crippen LogP contribution in [0.1, 0.15) is 13.8 Å². The summed E-state index contributed by atoms with van der Waals surface area (Å²) in [6.07, 6.45) is 1.77. The molecule has 2 heterocycles. The molecule has 0 aliphatic carbocycles. The van der Waals surface area contributed by atoms with Crippen LogP contribution in [0.25, 0.3) is 0 Å². The summed E-state index contributed by atoms with van der Waals surface area (Å²) in [7, 11) is 0. The molecule has 1 N–H and O–H groups in total. The van der Waals surface area contributed by atoms with Crippen LogP contribution in [0, 0.1) is 0 Å². The Morgan fingerprint density at radius 2 is 1.95 bits per heavy atom. The molecule has 2 aromatic rings. The molecular weight excluding hydrogens is 240 g/mol. The predicted molar refractivity (Wildman–Crippen MR) is 75.4 cm³/mol. The van der Waals surface area contributed by atoms with Crippen molar-refractivity contribution in [3.05, 3.63) is 30.5 Å². The summed E-state index contributed by atoms with van der Waals surface area (Å²) in [4.78, 5) is 11.0. The highest BCUT2D eigenvalue weighted by Gasteiger charge is 2.19. The summed E-state index contributed by atoms with van der Waals surface area (Å²) in [6.45, 7) is 5.92. The van der Waals surface area contributed by atoms with E-state index in [-0.39, 0.29) is 0 Å². The zero-order valence-electron chi connectivity index (χ0n) is 11.1. The van der Waals surface area contributed by atoms with Crippen LogP contribution in [0.2, 0.25) is 0 Å². The number of anilines is 3. The van der Waals surface area contributed by atoms with Gasteiger partial charge >= 0.3 is 0 Å². The van der Waals surface area contributed by atoms with E-state index in [1.54, 1.807) is 6.20 Å². The first-order valence-electron chi connectivity index (χ1n) is 6.47. The van der Waals surface area contributed by atoms with Crippen LogP contribution in [0.4, 0.5) is 17.3 Å². The third-order valence-corrected chi connectivity index (χ3v) is 3.15. The average Bonchev–Trinajstić information content (AvgIpc) is 2.46. The fraction of sp³-hybridized carbons (Fsp3) is 0.286. The lowest BCUT2D eigenvalue weighted by Gasteiger charge is -2.23. The van der Waals surface area contributed by atoms with Gasteiger partial charge in [0.15, 0.2) is 5.75 Å². The molecule has 0 saturated heterocycles. The predicted octanol–water partition coefficient (Wildman–Crippen LogP) is 3.17. The standard InChI is InChI=1S/C14H16N4O/c1-3-18(4-2)14-15-9-11-13(17-14)19-12-8-6-5-7-10(12)16-11/h5-9,16H,3-4H2,1-2H3. The van der Waals surface area contributed by atoms with Crippen molar-refractivity contribution in [2.75, 3.05) is 23.3 Å².